The molecule has 0 aliphatic heterocycles. The predicted octanol–water partition coefficient (Wildman–Crippen LogP) is 4.73. The molecule has 0 saturated heterocycles. The second-order valence-electron chi connectivity index (χ2n) is 6.77. The summed E-state index contributed by atoms with van der Waals surface area (Å²) in [5.74, 6) is 1.70. The smallest absolute Gasteiger partial charge is 0.234 e. The number of halogens is 1. The molecule has 0 fully saturated rings. The molecule has 2 heterocycles. The zero-order chi connectivity index (χ0) is 23.2. The zero-order valence-electron chi connectivity index (χ0n) is 17.9. The number of thioether (sulfide) groups is 1. The third kappa shape index (κ3) is 5.27. The van der Waals surface area contributed by atoms with E-state index in [0.717, 1.165) is 11.3 Å². The summed E-state index contributed by atoms with van der Waals surface area (Å²) >= 11 is 7.39. The van der Waals surface area contributed by atoms with Gasteiger partial charge in [0.25, 0.3) is 0 Å². The maximum absolute atomic E-state index is 12.6. The first kappa shape index (κ1) is 22.6. The lowest BCUT2D eigenvalue weighted by Crippen LogP contribution is -2.15. The molecular weight excluding hydrogens is 462 g/mol. The first-order valence-corrected chi connectivity index (χ1v) is 11.2. The number of carbonyl (C=O) groups is 1. The summed E-state index contributed by atoms with van der Waals surface area (Å²) in [4.78, 5) is 16.8. The number of nitrogens with zero attached hydrogens (tertiary/aromatic N) is 4. The predicted molar refractivity (Wildman–Crippen MR) is 128 cm³/mol. The summed E-state index contributed by atoms with van der Waals surface area (Å²) < 4.78 is 12.7. The molecular formula is C23H20ClN5O3S. The fourth-order valence-electron chi connectivity index (χ4n) is 3.08. The van der Waals surface area contributed by atoms with Gasteiger partial charge in [0.05, 0.1) is 36.4 Å². The van der Waals surface area contributed by atoms with E-state index in [1.54, 1.807) is 50.9 Å². The Labute approximate surface area is 199 Å². The van der Waals surface area contributed by atoms with E-state index >= 15 is 0 Å². The second kappa shape index (κ2) is 10.4. The normalized spacial score (nSPS) is 10.6. The van der Waals surface area contributed by atoms with E-state index < -0.39 is 0 Å². The van der Waals surface area contributed by atoms with E-state index in [4.69, 9.17) is 21.1 Å². The third-order valence-electron chi connectivity index (χ3n) is 4.63. The molecule has 10 heteroatoms. The van der Waals surface area contributed by atoms with Gasteiger partial charge < -0.3 is 14.8 Å². The monoisotopic (exact) mass is 481 g/mol. The van der Waals surface area contributed by atoms with Crippen molar-refractivity contribution in [3.63, 3.8) is 0 Å². The molecule has 4 aromatic rings. The Morgan fingerprint density at radius 3 is 2.48 bits per heavy atom. The summed E-state index contributed by atoms with van der Waals surface area (Å²) in [7, 11) is 3.17. The van der Waals surface area contributed by atoms with Crippen LogP contribution in [0.1, 0.15) is 0 Å². The number of nitrogens with one attached hydrogen (secondary N) is 1. The highest BCUT2D eigenvalue weighted by atomic mass is 35.5. The molecule has 0 unspecified atom stereocenters. The van der Waals surface area contributed by atoms with Gasteiger partial charge in [0, 0.05) is 36.2 Å². The van der Waals surface area contributed by atoms with E-state index in [0.29, 0.717) is 33.2 Å². The summed E-state index contributed by atoms with van der Waals surface area (Å²) in [6.07, 6.45) is 3.39. The van der Waals surface area contributed by atoms with Crippen LogP contribution in [-0.2, 0) is 4.79 Å². The summed E-state index contributed by atoms with van der Waals surface area (Å²) in [6, 6.07) is 16.3. The lowest BCUT2D eigenvalue weighted by atomic mass is 10.2. The number of hydrogen-bond acceptors (Lipinski definition) is 7. The fourth-order valence-corrected chi connectivity index (χ4v) is 4.01. The van der Waals surface area contributed by atoms with Crippen molar-refractivity contribution >= 4 is 35.0 Å². The average Bonchev–Trinajstić information content (AvgIpc) is 3.28. The number of benzene rings is 2. The van der Waals surface area contributed by atoms with Gasteiger partial charge in [-0.25, -0.2) is 0 Å². The van der Waals surface area contributed by atoms with Gasteiger partial charge in [0.2, 0.25) is 5.91 Å². The number of ether oxygens (including phenoxy) is 2. The van der Waals surface area contributed by atoms with Gasteiger partial charge in [0.15, 0.2) is 11.0 Å². The Hall–Kier alpha value is -3.56. The Morgan fingerprint density at radius 1 is 1.06 bits per heavy atom. The van der Waals surface area contributed by atoms with E-state index in [1.807, 2.05) is 34.9 Å². The van der Waals surface area contributed by atoms with E-state index in [1.165, 1.54) is 11.8 Å². The molecule has 2 aromatic heterocycles. The first-order valence-electron chi connectivity index (χ1n) is 9.85. The first-order chi connectivity index (χ1) is 16.1. The molecule has 2 aromatic carbocycles. The maximum atomic E-state index is 12.6. The fraction of sp³-hybridized carbons (Fsp3) is 0.130. The van der Waals surface area contributed by atoms with Crippen LogP contribution in [0.3, 0.4) is 0 Å². The number of pyridine rings is 1. The molecule has 0 radical (unpaired) electrons. The van der Waals surface area contributed by atoms with Crippen molar-refractivity contribution in [3.05, 3.63) is 72.0 Å². The molecule has 1 amide bonds. The zero-order valence-corrected chi connectivity index (χ0v) is 19.4. The molecule has 0 aliphatic rings. The lowest BCUT2D eigenvalue weighted by molar-refractivity contribution is -0.113. The van der Waals surface area contributed by atoms with Crippen LogP contribution >= 0.6 is 23.4 Å². The largest absolute Gasteiger partial charge is 0.497 e. The molecule has 0 atom stereocenters. The maximum Gasteiger partial charge on any atom is 0.234 e. The van der Waals surface area contributed by atoms with Crippen molar-refractivity contribution < 1.29 is 14.3 Å². The number of para-hydroxylation sites is 1. The van der Waals surface area contributed by atoms with Crippen molar-refractivity contribution in [1.82, 2.24) is 19.7 Å². The van der Waals surface area contributed by atoms with Crippen LogP contribution in [0.25, 0.3) is 17.1 Å². The molecule has 1 N–H and O–H groups in total. The molecule has 0 bridgehead atoms. The molecule has 0 aliphatic carbocycles. The van der Waals surface area contributed by atoms with E-state index in [-0.39, 0.29) is 11.7 Å². The number of amides is 1. The number of anilines is 1. The van der Waals surface area contributed by atoms with Gasteiger partial charge in [-0.2, -0.15) is 0 Å². The standard InChI is InChI=1S/C23H20ClN5O3S/c1-31-17-10-16(11-18(12-17)32-2)29-22(15-6-5-9-25-13-15)27-28-23(29)33-14-21(30)26-20-8-4-3-7-19(20)24/h3-13H,14H2,1-2H3,(H,26,30). The summed E-state index contributed by atoms with van der Waals surface area (Å²) in [5, 5.41) is 12.5. The van der Waals surface area contributed by atoms with Crippen LogP contribution in [-0.4, -0.2) is 45.6 Å². The summed E-state index contributed by atoms with van der Waals surface area (Å²) in [5.41, 5.74) is 2.06. The molecule has 8 nitrogen and oxygen atoms in total. The number of carbonyl (C=O) groups excluding carboxylic acids is 1. The van der Waals surface area contributed by atoms with Crippen molar-refractivity contribution in [2.75, 3.05) is 25.3 Å². The third-order valence-corrected chi connectivity index (χ3v) is 5.89. The van der Waals surface area contributed by atoms with Gasteiger partial charge >= 0.3 is 0 Å². The number of rotatable bonds is 8. The highest BCUT2D eigenvalue weighted by Gasteiger charge is 2.19. The van der Waals surface area contributed by atoms with Crippen molar-refractivity contribution in [2.45, 2.75) is 5.16 Å². The van der Waals surface area contributed by atoms with Crippen LogP contribution in [0, 0.1) is 0 Å². The minimum Gasteiger partial charge on any atom is -0.497 e. The Morgan fingerprint density at radius 2 is 1.82 bits per heavy atom. The van der Waals surface area contributed by atoms with Crippen LogP contribution in [0.5, 0.6) is 11.5 Å². The van der Waals surface area contributed by atoms with Crippen molar-refractivity contribution in [3.8, 4) is 28.6 Å². The van der Waals surface area contributed by atoms with Gasteiger partial charge in [0.1, 0.15) is 11.5 Å². The van der Waals surface area contributed by atoms with Gasteiger partial charge in [-0.1, -0.05) is 35.5 Å². The summed E-state index contributed by atoms with van der Waals surface area (Å²) in [6.45, 7) is 0. The number of aromatic nitrogens is 4. The SMILES string of the molecule is COc1cc(OC)cc(-n2c(SCC(=O)Nc3ccccc3Cl)nnc2-c2cccnc2)c1. The second-order valence-corrected chi connectivity index (χ2v) is 8.12. The Kier molecular flexibility index (Phi) is 7.11. The minimum atomic E-state index is -0.214. The average molecular weight is 482 g/mol. The lowest BCUT2D eigenvalue weighted by Gasteiger charge is -2.13. The van der Waals surface area contributed by atoms with Gasteiger partial charge in [-0.15, -0.1) is 10.2 Å². The topological polar surface area (TPSA) is 91.2 Å². The van der Waals surface area contributed by atoms with Crippen LogP contribution in [0.2, 0.25) is 5.02 Å². The molecule has 168 valence electrons. The number of methoxy groups -OCH3 is 2. The minimum absolute atomic E-state index is 0.109. The van der Waals surface area contributed by atoms with Crippen molar-refractivity contribution in [2.24, 2.45) is 0 Å². The van der Waals surface area contributed by atoms with Crippen LogP contribution in [0.15, 0.2) is 72.1 Å². The quantitative estimate of drug-likeness (QED) is 0.364. The molecule has 0 saturated carbocycles. The van der Waals surface area contributed by atoms with Crippen LogP contribution < -0.4 is 14.8 Å². The highest BCUT2D eigenvalue weighted by Crippen LogP contribution is 2.32. The van der Waals surface area contributed by atoms with Crippen molar-refractivity contribution in [1.29, 1.82) is 0 Å². The highest BCUT2D eigenvalue weighted by molar-refractivity contribution is 7.99. The number of hydrogen-bond donors (Lipinski definition) is 1. The van der Waals surface area contributed by atoms with Gasteiger partial charge in [-0.3, -0.25) is 14.3 Å². The Bertz CT molecular complexity index is 1240. The Balaban J connectivity index is 1.67. The van der Waals surface area contributed by atoms with Crippen LogP contribution in [0.4, 0.5) is 5.69 Å². The molecule has 4 rings (SSSR count). The van der Waals surface area contributed by atoms with E-state index in [9.17, 15) is 4.79 Å². The van der Waals surface area contributed by atoms with E-state index in [2.05, 4.69) is 20.5 Å². The molecule has 33 heavy (non-hydrogen) atoms. The molecule has 0 spiro atoms. The van der Waals surface area contributed by atoms with Gasteiger partial charge in [-0.05, 0) is 24.3 Å².